The Bertz CT molecular complexity index is 1840. The lowest BCUT2D eigenvalue weighted by molar-refractivity contribution is -0.385. The summed E-state index contributed by atoms with van der Waals surface area (Å²) in [4.78, 5) is 21.0. The molecule has 0 amide bonds. The number of alkyl halides is 6. The summed E-state index contributed by atoms with van der Waals surface area (Å²) in [7, 11) is 0. The first-order chi connectivity index (χ1) is 21.0. The van der Waals surface area contributed by atoms with Crippen LogP contribution in [-0.2, 0) is 12.4 Å². The summed E-state index contributed by atoms with van der Waals surface area (Å²) in [5.41, 5.74) is -9.57. The number of rotatable bonds is 6. The van der Waals surface area contributed by atoms with Crippen molar-refractivity contribution in [2.45, 2.75) is 12.4 Å². The number of benzene rings is 4. The van der Waals surface area contributed by atoms with Crippen molar-refractivity contribution in [3.63, 3.8) is 0 Å². The standard InChI is InChI=1S/C28H10F8N4O5/c29-21-7-15(27(31,32)33)5-13(11-37)25(21)19-9-17(39(41)42)1-3-23(19)45-24-4-2-18(40(43)44)10-20(24)26-14(12-38)6-16(8-22(26)30)28(34,35)36/h1-10H. The number of nitro groups is 2. The van der Waals surface area contributed by atoms with Crippen molar-refractivity contribution >= 4 is 11.4 Å². The van der Waals surface area contributed by atoms with E-state index in [9.17, 15) is 57.1 Å². The summed E-state index contributed by atoms with van der Waals surface area (Å²) < 4.78 is 116. The molecule has 4 aromatic carbocycles. The fourth-order valence-electron chi connectivity index (χ4n) is 4.21. The van der Waals surface area contributed by atoms with Crippen molar-refractivity contribution in [3.8, 4) is 45.9 Å². The van der Waals surface area contributed by atoms with Gasteiger partial charge in [-0.1, -0.05) is 0 Å². The SMILES string of the molecule is N#Cc1cc(C(F)(F)F)cc(F)c1-c1cc([N+](=O)[O-])ccc1Oc1ccc([N+](=O)[O-])cc1-c1c(F)cc(C(F)(F)F)cc1C#N. The van der Waals surface area contributed by atoms with Crippen molar-refractivity contribution in [3.05, 3.63) is 115 Å². The van der Waals surface area contributed by atoms with E-state index >= 15 is 8.78 Å². The molecular formula is C28H10F8N4O5. The molecule has 0 saturated heterocycles. The van der Waals surface area contributed by atoms with Gasteiger partial charge in [0.1, 0.15) is 23.1 Å². The van der Waals surface area contributed by atoms with E-state index < -0.39 is 101 Å². The third-order valence-corrected chi connectivity index (χ3v) is 6.18. The summed E-state index contributed by atoms with van der Waals surface area (Å²) in [6.07, 6.45) is -10.2. The molecule has 0 N–H and O–H groups in total. The minimum atomic E-state index is -5.09. The van der Waals surface area contributed by atoms with Crippen LogP contribution in [0.3, 0.4) is 0 Å². The van der Waals surface area contributed by atoms with Crippen LogP contribution in [0.5, 0.6) is 11.5 Å². The number of nitro benzene ring substituents is 2. The van der Waals surface area contributed by atoms with Crippen LogP contribution in [0.25, 0.3) is 22.3 Å². The number of hydrogen-bond acceptors (Lipinski definition) is 7. The molecule has 9 nitrogen and oxygen atoms in total. The van der Waals surface area contributed by atoms with E-state index in [1.807, 2.05) is 0 Å². The molecule has 0 saturated carbocycles. The Morgan fingerprint density at radius 1 is 0.622 bits per heavy atom. The Labute approximate surface area is 245 Å². The highest BCUT2D eigenvalue weighted by atomic mass is 19.4. The van der Waals surface area contributed by atoms with Gasteiger partial charge in [-0.2, -0.15) is 36.9 Å². The van der Waals surface area contributed by atoms with Crippen LogP contribution in [0.1, 0.15) is 22.3 Å². The second-order valence-corrected chi connectivity index (χ2v) is 8.96. The number of nitriles is 2. The average molecular weight is 634 g/mol. The summed E-state index contributed by atoms with van der Waals surface area (Å²) in [5, 5.41) is 42.0. The van der Waals surface area contributed by atoms with Gasteiger partial charge in [-0.15, -0.1) is 0 Å². The molecule has 0 aromatic heterocycles. The van der Waals surface area contributed by atoms with Gasteiger partial charge in [0.05, 0.1) is 44.2 Å². The Morgan fingerprint density at radius 3 is 1.27 bits per heavy atom. The van der Waals surface area contributed by atoms with E-state index in [1.165, 1.54) is 12.1 Å². The maximum atomic E-state index is 15.2. The summed E-state index contributed by atoms with van der Waals surface area (Å²) in [6, 6.07) is 7.87. The molecular weight excluding hydrogens is 624 g/mol. The van der Waals surface area contributed by atoms with Crippen molar-refractivity contribution in [2.24, 2.45) is 0 Å². The topological polar surface area (TPSA) is 143 Å². The normalized spacial score (nSPS) is 11.4. The minimum Gasteiger partial charge on any atom is -0.456 e. The molecule has 0 aliphatic heterocycles. The van der Waals surface area contributed by atoms with Crippen LogP contribution in [0.2, 0.25) is 0 Å². The van der Waals surface area contributed by atoms with Crippen molar-refractivity contribution in [2.75, 3.05) is 0 Å². The molecule has 228 valence electrons. The predicted octanol–water partition coefficient (Wildman–Crippen LogP) is 8.69. The summed E-state index contributed by atoms with van der Waals surface area (Å²) in [5.74, 6) is -4.54. The first-order valence-electron chi connectivity index (χ1n) is 11.8. The second-order valence-electron chi connectivity index (χ2n) is 8.96. The van der Waals surface area contributed by atoms with Crippen LogP contribution >= 0.6 is 0 Å². The average Bonchev–Trinajstić information content (AvgIpc) is 2.95. The van der Waals surface area contributed by atoms with Gasteiger partial charge in [0, 0.05) is 46.5 Å². The molecule has 0 radical (unpaired) electrons. The van der Waals surface area contributed by atoms with Crippen LogP contribution < -0.4 is 4.74 Å². The molecule has 17 heteroatoms. The quantitative estimate of drug-likeness (QED) is 0.117. The number of ether oxygens (including phenoxy) is 1. The lowest BCUT2D eigenvalue weighted by atomic mass is 9.95. The Kier molecular flexibility index (Phi) is 8.16. The van der Waals surface area contributed by atoms with E-state index in [1.54, 1.807) is 0 Å². The lowest BCUT2D eigenvalue weighted by Gasteiger charge is -2.18. The van der Waals surface area contributed by atoms with E-state index in [2.05, 4.69) is 0 Å². The van der Waals surface area contributed by atoms with Crippen LogP contribution in [-0.4, -0.2) is 9.85 Å². The number of halogens is 8. The maximum absolute atomic E-state index is 15.2. The van der Waals surface area contributed by atoms with Crippen molar-refractivity contribution < 1.29 is 49.7 Å². The predicted molar refractivity (Wildman–Crippen MR) is 136 cm³/mol. The highest BCUT2D eigenvalue weighted by Gasteiger charge is 2.35. The zero-order chi connectivity index (χ0) is 33.4. The van der Waals surface area contributed by atoms with Gasteiger partial charge >= 0.3 is 12.4 Å². The lowest BCUT2D eigenvalue weighted by Crippen LogP contribution is -2.08. The molecule has 4 rings (SSSR count). The van der Waals surface area contributed by atoms with Crippen molar-refractivity contribution in [1.82, 2.24) is 0 Å². The Hall–Kier alpha value is -6.10. The molecule has 0 atom stereocenters. The highest BCUT2D eigenvalue weighted by molar-refractivity contribution is 5.82. The second kappa shape index (κ2) is 11.5. The Balaban J connectivity index is 2.02. The molecule has 0 heterocycles. The molecule has 0 fully saturated rings. The number of hydrogen-bond donors (Lipinski definition) is 0. The third-order valence-electron chi connectivity index (χ3n) is 6.18. The third kappa shape index (κ3) is 6.32. The Morgan fingerprint density at radius 2 is 0.978 bits per heavy atom. The van der Waals surface area contributed by atoms with E-state index in [0.717, 1.165) is 24.3 Å². The molecule has 0 aliphatic rings. The maximum Gasteiger partial charge on any atom is 0.416 e. The number of non-ortho nitro benzene ring substituents is 2. The highest BCUT2D eigenvalue weighted by Crippen LogP contribution is 2.45. The zero-order valence-electron chi connectivity index (χ0n) is 21.6. The monoisotopic (exact) mass is 634 g/mol. The van der Waals surface area contributed by atoms with Gasteiger partial charge in [-0.25, -0.2) is 8.78 Å². The number of nitrogens with zero attached hydrogens (tertiary/aromatic N) is 4. The molecule has 0 unspecified atom stereocenters. The van der Waals surface area contributed by atoms with E-state index in [0.29, 0.717) is 12.1 Å². The molecule has 0 aliphatic carbocycles. The van der Waals surface area contributed by atoms with Gasteiger partial charge in [0.25, 0.3) is 11.4 Å². The van der Waals surface area contributed by atoms with Crippen LogP contribution in [0, 0.1) is 54.5 Å². The zero-order valence-corrected chi connectivity index (χ0v) is 21.6. The first kappa shape index (κ1) is 31.8. The van der Waals surface area contributed by atoms with Crippen molar-refractivity contribution in [1.29, 1.82) is 10.5 Å². The molecule has 4 aromatic rings. The minimum absolute atomic E-state index is 0.0207. The van der Waals surface area contributed by atoms with Crippen LogP contribution in [0.15, 0.2) is 60.7 Å². The van der Waals surface area contributed by atoms with E-state index in [4.69, 9.17) is 4.74 Å². The molecule has 0 spiro atoms. The van der Waals surface area contributed by atoms with Gasteiger partial charge < -0.3 is 4.74 Å². The fourth-order valence-corrected chi connectivity index (χ4v) is 4.21. The first-order valence-corrected chi connectivity index (χ1v) is 11.8. The van der Waals surface area contributed by atoms with Gasteiger partial charge in [0.2, 0.25) is 0 Å². The fraction of sp³-hybridized carbons (Fsp3) is 0.0714. The largest absolute Gasteiger partial charge is 0.456 e. The summed E-state index contributed by atoms with van der Waals surface area (Å²) in [6.45, 7) is 0. The van der Waals surface area contributed by atoms with Gasteiger partial charge in [0.15, 0.2) is 0 Å². The van der Waals surface area contributed by atoms with Gasteiger partial charge in [-0.3, -0.25) is 20.2 Å². The van der Waals surface area contributed by atoms with Gasteiger partial charge in [-0.05, 0) is 36.4 Å². The molecule has 0 bridgehead atoms. The van der Waals surface area contributed by atoms with Crippen LogP contribution in [0.4, 0.5) is 46.5 Å². The smallest absolute Gasteiger partial charge is 0.416 e. The molecule has 45 heavy (non-hydrogen) atoms. The van der Waals surface area contributed by atoms with E-state index in [-0.39, 0.29) is 24.3 Å². The summed E-state index contributed by atoms with van der Waals surface area (Å²) >= 11 is 0.